The van der Waals surface area contributed by atoms with Gasteiger partial charge in [0.05, 0.1) is 14.2 Å². The molecule has 0 heterocycles. The van der Waals surface area contributed by atoms with Crippen molar-refractivity contribution < 1.29 is 23.8 Å². The topological polar surface area (TPSA) is 81.8 Å². The van der Waals surface area contributed by atoms with Crippen LogP contribution in [0.4, 0.5) is 4.39 Å². The standard InChI is InChI=1S/C12H16FNO4/c1-17-10-4-7(6-13)3-8(11(10)18-2)5-9(14)12(15)16/h3-4,9H,5-6,14H2,1-2H3,(H,15,16). The van der Waals surface area contributed by atoms with Crippen molar-refractivity contribution in [3.63, 3.8) is 0 Å². The van der Waals surface area contributed by atoms with E-state index in [2.05, 4.69) is 0 Å². The van der Waals surface area contributed by atoms with Crippen LogP contribution in [0.3, 0.4) is 0 Å². The van der Waals surface area contributed by atoms with Crippen molar-refractivity contribution in [1.82, 2.24) is 0 Å². The minimum atomic E-state index is -1.12. The molecule has 0 amide bonds. The lowest BCUT2D eigenvalue weighted by molar-refractivity contribution is -0.138. The summed E-state index contributed by atoms with van der Waals surface area (Å²) in [7, 11) is 2.86. The molecule has 1 aromatic rings. The second-order valence-corrected chi connectivity index (χ2v) is 3.77. The number of aliphatic carboxylic acids is 1. The molecule has 0 aliphatic carbocycles. The Morgan fingerprint density at radius 1 is 1.44 bits per heavy atom. The maximum atomic E-state index is 12.7. The van der Waals surface area contributed by atoms with Gasteiger partial charge < -0.3 is 20.3 Å². The van der Waals surface area contributed by atoms with Gasteiger partial charge in [-0.1, -0.05) is 0 Å². The lowest BCUT2D eigenvalue weighted by Gasteiger charge is -2.15. The summed E-state index contributed by atoms with van der Waals surface area (Å²) in [6.45, 7) is -0.671. The third-order valence-corrected chi connectivity index (χ3v) is 2.53. The Bertz CT molecular complexity index is 436. The first-order valence-electron chi connectivity index (χ1n) is 5.31. The van der Waals surface area contributed by atoms with Crippen LogP contribution in [-0.4, -0.2) is 31.3 Å². The highest BCUT2D eigenvalue weighted by Crippen LogP contribution is 2.33. The molecule has 1 atom stereocenters. The zero-order valence-corrected chi connectivity index (χ0v) is 10.3. The fourth-order valence-electron chi connectivity index (χ4n) is 1.66. The third-order valence-electron chi connectivity index (χ3n) is 2.53. The van der Waals surface area contributed by atoms with Gasteiger partial charge in [0, 0.05) is 12.0 Å². The molecule has 0 aromatic heterocycles. The summed E-state index contributed by atoms with van der Waals surface area (Å²) >= 11 is 0. The highest BCUT2D eigenvalue weighted by atomic mass is 19.1. The first-order valence-corrected chi connectivity index (χ1v) is 5.31. The Hall–Kier alpha value is -1.82. The molecule has 18 heavy (non-hydrogen) atoms. The number of benzene rings is 1. The lowest BCUT2D eigenvalue weighted by atomic mass is 10.0. The van der Waals surface area contributed by atoms with Gasteiger partial charge in [0.2, 0.25) is 0 Å². The first-order chi connectivity index (χ1) is 8.53. The van der Waals surface area contributed by atoms with Gasteiger partial charge in [0.1, 0.15) is 12.7 Å². The number of nitrogens with two attached hydrogens (primary N) is 1. The number of carboxylic acids is 1. The van der Waals surface area contributed by atoms with E-state index in [1.807, 2.05) is 0 Å². The van der Waals surface area contributed by atoms with Gasteiger partial charge in [0.25, 0.3) is 0 Å². The molecular formula is C12H16FNO4. The fraction of sp³-hybridized carbons (Fsp3) is 0.417. The maximum absolute atomic E-state index is 12.7. The quantitative estimate of drug-likeness (QED) is 0.798. The first kappa shape index (κ1) is 14.2. The highest BCUT2D eigenvalue weighted by molar-refractivity contribution is 5.74. The van der Waals surface area contributed by atoms with Crippen LogP contribution in [-0.2, 0) is 17.9 Å². The Morgan fingerprint density at radius 3 is 2.56 bits per heavy atom. The van der Waals surface area contributed by atoms with Crippen molar-refractivity contribution in [3.05, 3.63) is 23.3 Å². The molecule has 0 spiro atoms. The predicted molar refractivity (Wildman–Crippen MR) is 63.7 cm³/mol. The monoisotopic (exact) mass is 257 g/mol. The Kier molecular flexibility index (Phi) is 4.91. The van der Waals surface area contributed by atoms with Gasteiger partial charge in [-0.05, 0) is 17.7 Å². The number of alkyl halides is 1. The van der Waals surface area contributed by atoms with E-state index in [4.69, 9.17) is 20.3 Å². The number of hydrogen-bond acceptors (Lipinski definition) is 4. The van der Waals surface area contributed by atoms with Crippen molar-refractivity contribution in [1.29, 1.82) is 0 Å². The van der Waals surface area contributed by atoms with E-state index in [9.17, 15) is 9.18 Å². The zero-order valence-electron chi connectivity index (χ0n) is 10.3. The maximum Gasteiger partial charge on any atom is 0.320 e. The van der Waals surface area contributed by atoms with E-state index in [1.54, 1.807) is 0 Å². The van der Waals surface area contributed by atoms with Gasteiger partial charge in [0.15, 0.2) is 11.5 Å². The molecule has 1 aromatic carbocycles. The van der Waals surface area contributed by atoms with E-state index in [-0.39, 0.29) is 6.42 Å². The van der Waals surface area contributed by atoms with Gasteiger partial charge in [-0.2, -0.15) is 0 Å². The van der Waals surface area contributed by atoms with Gasteiger partial charge in [-0.3, -0.25) is 4.79 Å². The van der Waals surface area contributed by atoms with Crippen molar-refractivity contribution in [2.45, 2.75) is 19.1 Å². The largest absolute Gasteiger partial charge is 0.493 e. The smallest absolute Gasteiger partial charge is 0.320 e. The molecule has 1 unspecified atom stereocenters. The van der Waals surface area contributed by atoms with Crippen LogP contribution in [0.1, 0.15) is 11.1 Å². The van der Waals surface area contributed by atoms with E-state index in [1.165, 1.54) is 26.4 Å². The van der Waals surface area contributed by atoms with Crippen LogP contribution in [0, 0.1) is 0 Å². The van der Waals surface area contributed by atoms with Crippen LogP contribution in [0.2, 0.25) is 0 Å². The summed E-state index contributed by atoms with van der Waals surface area (Å²) < 4.78 is 22.9. The molecule has 0 saturated heterocycles. The third kappa shape index (κ3) is 3.10. The van der Waals surface area contributed by atoms with E-state index in [0.717, 1.165) is 0 Å². The summed E-state index contributed by atoms with van der Waals surface area (Å²) in [6, 6.07) is 1.97. The van der Waals surface area contributed by atoms with Crippen molar-refractivity contribution in [2.75, 3.05) is 14.2 Å². The van der Waals surface area contributed by atoms with Crippen LogP contribution >= 0.6 is 0 Å². The summed E-state index contributed by atoms with van der Waals surface area (Å²) in [5, 5.41) is 8.79. The minimum Gasteiger partial charge on any atom is -0.493 e. The molecule has 100 valence electrons. The van der Waals surface area contributed by atoms with Crippen LogP contribution in [0.25, 0.3) is 0 Å². The molecule has 0 bridgehead atoms. The molecule has 0 radical (unpaired) electrons. The molecule has 0 aliphatic rings. The summed E-state index contributed by atoms with van der Waals surface area (Å²) in [5.41, 5.74) is 6.37. The van der Waals surface area contributed by atoms with Gasteiger partial charge in [-0.15, -0.1) is 0 Å². The van der Waals surface area contributed by atoms with E-state index in [0.29, 0.717) is 22.6 Å². The molecular weight excluding hydrogens is 241 g/mol. The van der Waals surface area contributed by atoms with Gasteiger partial charge in [-0.25, -0.2) is 4.39 Å². The number of halogens is 1. The van der Waals surface area contributed by atoms with Crippen LogP contribution in [0.5, 0.6) is 11.5 Å². The molecule has 6 heteroatoms. The second-order valence-electron chi connectivity index (χ2n) is 3.77. The van der Waals surface area contributed by atoms with E-state index < -0.39 is 18.7 Å². The molecule has 1 rings (SSSR count). The number of hydrogen-bond donors (Lipinski definition) is 2. The molecule has 0 fully saturated rings. The number of rotatable bonds is 6. The summed E-state index contributed by atoms with van der Waals surface area (Å²) in [6.07, 6.45) is 0.0444. The Morgan fingerprint density at radius 2 is 2.11 bits per heavy atom. The lowest BCUT2D eigenvalue weighted by Crippen LogP contribution is -2.32. The SMILES string of the molecule is COc1cc(CF)cc(CC(N)C(=O)O)c1OC. The Balaban J connectivity index is 3.18. The fourth-order valence-corrected chi connectivity index (χ4v) is 1.66. The summed E-state index contributed by atoms with van der Waals surface area (Å²) in [5.74, 6) is -0.381. The molecule has 0 saturated carbocycles. The normalized spacial score (nSPS) is 12.0. The average molecular weight is 257 g/mol. The minimum absolute atomic E-state index is 0.0444. The highest BCUT2D eigenvalue weighted by Gasteiger charge is 2.18. The number of methoxy groups -OCH3 is 2. The van der Waals surface area contributed by atoms with Gasteiger partial charge >= 0.3 is 5.97 Å². The zero-order chi connectivity index (χ0) is 13.7. The number of ether oxygens (including phenoxy) is 2. The van der Waals surface area contributed by atoms with Crippen molar-refractivity contribution >= 4 is 5.97 Å². The number of carbonyl (C=O) groups is 1. The molecule has 5 nitrogen and oxygen atoms in total. The van der Waals surface area contributed by atoms with Crippen molar-refractivity contribution in [2.24, 2.45) is 5.73 Å². The van der Waals surface area contributed by atoms with E-state index >= 15 is 0 Å². The van der Waals surface area contributed by atoms with Crippen molar-refractivity contribution in [3.8, 4) is 11.5 Å². The summed E-state index contributed by atoms with van der Waals surface area (Å²) in [4.78, 5) is 10.7. The molecule has 0 aliphatic heterocycles. The second kappa shape index (κ2) is 6.20. The molecule has 3 N–H and O–H groups in total. The average Bonchev–Trinajstić information content (AvgIpc) is 2.37. The Labute approximate surface area is 104 Å². The predicted octanol–water partition coefficient (Wildman–Crippen LogP) is 1.13. The van der Waals surface area contributed by atoms with Crippen LogP contribution in [0.15, 0.2) is 12.1 Å². The van der Waals surface area contributed by atoms with Crippen LogP contribution < -0.4 is 15.2 Å². The number of carboxylic acid groups (broad SMARTS) is 1.